The maximum atomic E-state index is 12.1. The van der Waals surface area contributed by atoms with Crippen LogP contribution in [0.15, 0.2) is 24.3 Å². The number of halogens is 1. The molecule has 0 spiro atoms. The minimum Gasteiger partial charge on any atom is -0.481 e. The molecule has 0 bridgehead atoms. The molecule has 1 aromatic rings. The van der Waals surface area contributed by atoms with E-state index in [1.165, 1.54) is 6.92 Å². The van der Waals surface area contributed by atoms with Crippen LogP contribution < -0.4 is 0 Å². The van der Waals surface area contributed by atoms with Crippen LogP contribution in [-0.2, 0) is 14.6 Å². The average molecular weight is 319 g/mol. The van der Waals surface area contributed by atoms with Gasteiger partial charge in [-0.25, -0.2) is 8.42 Å². The Labute approximate surface area is 122 Å². The molecule has 2 N–H and O–H groups in total. The van der Waals surface area contributed by atoms with E-state index in [0.717, 1.165) is 0 Å². The second-order valence-corrected chi connectivity index (χ2v) is 7.76. The van der Waals surface area contributed by atoms with Gasteiger partial charge in [0.15, 0.2) is 9.84 Å². The van der Waals surface area contributed by atoms with E-state index in [1.807, 2.05) is 0 Å². The number of aliphatic hydroxyl groups is 1. The van der Waals surface area contributed by atoms with Gasteiger partial charge in [-0.05, 0) is 17.7 Å². The van der Waals surface area contributed by atoms with Gasteiger partial charge in [-0.15, -0.1) is 0 Å². The minimum absolute atomic E-state index is 0.163. The molecule has 0 radical (unpaired) electrons. The molecule has 0 amide bonds. The topological polar surface area (TPSA) is 91.7 Å². The number of aliphatic hydroxyl groups excluding tert-OH is 1. The van der Waals surface area contributed by atoms with Crippen LogP contribution in [0.5, 0.6) is 0 Å². The molecule has 0 unspecified atom stereocenters. The van der Waals surface area contributed by atoms with Crippen LogP contribution in [-0.4, -0.2) is 42.2 Å². The van der Waals surface area contributed by atoms with E-state index in [2.05, 4.69) is 0 Å². The van der Waals surface area contributed by atoms with Gasteiger partial charge in [0.05, 0.1) is 11.9 Å². The number of carbonyl (C=O) groups is 1. The highest BCUT2D eigenvalue weighted by molar-refractivity contribution is 7.92. The van der Waals surface area contributed by atoms with Gasteiger partial charge in [-0.2, -0.15) is 0 Å². The fourth-order valence-corrected chi connectivity index (χ4v) is 5.05. The molecule has 0 aliphatic heterocycles. The lowest BCUT2D eigenvalue weighted by molar-refractivity contribution is -0.145. The monoisotopic (exact) mass is 318 g/mol. The van der Waals surface area contributed by atoms with Gasteiger partial charge >= 0.3 is 5.97 Å². The Kier molecular flexibility index (Phi) is 3.83. The first kappa shape index (κ1) is 15.3. The highest BCUT2D eigenvalue weighted by atomic mass is 35.5. The zero-order valence-corrected chi connectivity index (χ0v) is 12.4. The van der Waals surface area contributed by atoms with Gasteiger partial charge in [0.25, 0.3) is 0 Å². The van der Waals surface area contributed by atoms with Crippen LogP contribution in [0.25, 0.3) is 0 Å². The smallest absolute Gasteiger partial charge is 0.314 e. The molecular formula is C13H15ClO5S. The van der Waals surface area contributed by atoms with Crippen molar-refractivity contribution in [1.82, 2.24) is 0 Å². The lowest BCUT2D eigenvalue weighted by Crippen LogP contribution is -2.28. The predicted octanol–water partition coefficient (Wildman–Crippen LogP) is 1.30. The molecule has 110 valence electrons. The summed E-state index contributed by atoms with van der Waals surface area (Å²) in [5.74, 6) is -2.23. The third-order valence-electron chi connectivity index (χ3n) is 3.91. The summed E-state index contributed by atoms with van der Waals surface area (Å²) in [5, 5.41) is 18.1. The van der Waals surface area contributed by atoms with Crippen molar-refractivity contribution in [1.29, 1.82) is 0 Å². The van der Waals surface area contributed by atoms with Crippen molar-refractivity contribution in [2.45, 2.75) is 18.1 Å². The molecule has 7 heteroatoms. The first-order chi connectivity index (χ1) is 9.31. The normalized spacial score (nSPS) is 29.1. The predicted molar refractivity (Wildman–Crippen MR) is 74.6 cm³/mol. The Morgan fingerprint density at radius 3 is 2.55 bits per heavy atom. The standard InChI is InChI=1S/C13H15ClO5S/c1-2-20(18,19)11-10(13(11,7-15)12(16)17)8-4-3-5-9(14)6-8/h3-6,10-11,15H,2,7H2,1H3,(H,16,17)/t10-,11+,13+/m0/s1. The zero-order chi connectivity index (χ0) is 15.1. The molecule has 1 saturated carbocycles. The number of hydrogen-bond donors (Lipinski definition) is 2. The van der Waals surface area contributed by atoms with Crippen molar-refractivity contribution in [2.75, 3.05) is 12.4 Å². The SMILES string of the molecule is CCS(=O)(=O)[C@@H]1[C@H](c2cccc(Cl)c2)[C@@]1(CO)C(=O)O. The number of sulfone groups is 1. The maximum Gasteiger partial charge on any atom is 0.314 e. The number of aliphatic carboxylic acids is 1. The first-order valence-electron chi connectivity index (χ1n) is 6.12. The summed E-state index contributed by atoms with van der Waals surface area (Å²) < 4.78 is 24.2. The van der Waals surface area contributed by atoms with Crippen LogP contribution in [0.3, 0.4) is 0 Å². The minimum atomic E-state index is -3.58. The van der Waals surface area contributed by atoms with Crippen molar-refractivity contribution < 1.29 is 23.4 Å². The van der Waals surface area contributed by atoms with E-state index in [1.54, 1.807) is 24.3 Å². The molecule has 3 atom stereocenters. The molecule has 1 aliphatic rings. The van der Waals surface area contributed by atoms with Crippen LogP contribution in [0.2, 0.25) is 5.02 Å². The summed E-state index contributed by atoms with van der Waals surface area (Å²) in [7, 11) is -3.58. The molecule has 1 aliphatic carbocycles. The largest absolute Gasteiger partial charge is 0.481 e. The highest BCUT2D eigenvalue weighted by Gasteiger charge is 2.75. The molecule has 2 rings (SSSR count). The van der Waals surface area contributed by atoms with Gasteiger partial charge in [0.2, 0.25) is 0 Å². The molecule has 0 aromatic heterocycles. The number of carboxylic acids is 1. The van der Waals surface area contributed by atoms with Gasteiger partial charge in [-0.3, -0.25) is 4.79 Å². The van der Waals surface area contributed by atoms with Gasteiger partial charge < -0.3 is 10.2 Å². The fraction of sp³-hybridized carbons (Fsp3) is 0.462. The van der Waals surface area contributed by atoms with E-state index in [-0.39, 0.29) is 5.75 Å². The van der Waals surface area contributed by atoms with E-state index in [4.69, 9.17) is 11.6 Å². The molecule has 1 aromatic carbocycles. The molecule has 1 fully saturated rings. The van der Waals surface area contributed by atoms with E-state index < -0.39 is 39.0 Å². The van der Waals surface area contributed by atoms with Gasteiger partial charge in [-0.1, -0.05) is 30.7 Å². The van der Waals surface area contributed by atoms with Crippen molar-refractivity contribution in [2.24, 2.45) is 5.41 Å². The third-order valence-corrected chi connectivity index (χ3v) is 6.42. The number of hydrogen-bond acceptors (Lipinski definition) is 4. The third kappa shape index (κ3) is 2.12. The second kappa shape index (κ2) is 5.02. The Hall–Kier alpha value is -1.11. The Bertz CT molecular complexity index is 642. The van der Waals surface area contributed by atoms with Crippen molar-refractivity contribution in [3.05, 3.63) is 34.9 Å². The Balaban J connectivity index is 2.54. The van der Waals surface area contributed by atoms with Crippen molar-refractivity contribution in [3.8, 4) is 0 Å². The van der Waals surface area contributed by atoms with Crippen LogP contribution in [0.4, 0.5) is 0 Å². The van der Waals surface area contributed by atoms with Gasteiger partial charge in [0, 0.05) is 16.7 Å². The molecule has 20 heavy (non-hydrogen) atoms. The first-order valence-corrected chi connectivity index (χ1v) is 8.22. The van der Waals surface area contributed by atoms with E-state index >= 15 is 0 Å². The Morgan fingerprint density at radius 1 is 1.45 bits per heavy atom. The maximum absolute atomic E-state index is 12.1. The molecule has 5 nitrogen and oxygen atoms in total. The second-order valence-electron chi connectivity index (χ2n) is 4.91. The summed E-state index contributed by atoms with van der Waals surface area (Å²) in [6.07, 6.45) is 0. The van der Waals surface area contributed by atoms with Crippen molar-refractivity contribution in [3.63, 3.8) is 0 Å². The quantitative estimate of drug-likeness (QED) is 0.854. The highest BCUT2D eigenvalue weighted by Crippen LogP contribution is 2.63. The lowest BCUT2D eigenvalue weighted by Gasteiger charge is -2.08. The molecule has 0 heterocycles. The Morgan fingerprint density at radius 2 is 2.10 bits per heavy atom. The summed E-state index contributed by atoms with van der Waals surface area (Å²) >= 11 is 5.87. The number of carboxylic acid groups (broad SMARTS) is 1. The van der Waals surface area contributed by atoms with E-state index in [9.17, 15) is 23.4 Å². The summed E-state index contributed by atoms with van der Waals surface area (Å²) in [4.78, 5) is 11.5. The number of benzene rings is 1. The number of rotatable bonds is 5. The molecule has 0 saturated heterocycles. The summed E-state index contributed by atoms with van der Waals surface area (Å²) in [6, 6.07) is 6.44. The summed E-state index contributed by atoms with van der Waals surface area (Å²) in [5.41, 5.74) is -1.14. The summed E-state index contributed by atoms with van der Waals surface area (Å²) in [6.45, 7) is 0.746. The average Bonchev–Trinajstić information content (AvgIpc) is 3.10. The van der Waals surface area contributed by atoms with Gasteiger partial charge in [0.1, 0.15) is 5.41 Å². The lowest BCUT2D eigenvalue weighted by atomic mass is 10.0. The van der Waals surface area contributed by atoms with Crippen LogP contribution in [0.1, 0.15) is 18.4 Å². The van der Waals surface area contributed by atoms with Crippen LogP contribution >= 0.6 is 11.6 Å². The van der Waals surface area contributed by atoms with Crippen LogP contribution in [0, 0.1) is 5.41 Å². The molecular weight excluding hydrogens is 304 g/mol. The van der Waals surface area contributed by atoms with Crippen molar-refractivity contribution >= 4 is 27.4 Å². The fourth-order valence-electron chi connectivity index (χ4n) is 2.79. The van der Waals surface area contributed by atoms with E-state index in [0.29, 0.717) is 10.6 Å². The zero-order valence-electron chi connectivity index (χ0n) is 10.8.